The van der Waals surface area contributed by atoms with Crippen LogP contribution in [0.1, 0.15) is 57.6 Å². The predicted molar refractivity (Wildman–Crippen MR) is 120 cm³/mol. The second-order valence-corrected chi connectivity index (χ2v) is 11.6. The van der Waals surface area contributed by atoms with E-state index < -0.39 is 0 Å². The summed E-state index contributed by atoms with van der Waals surface area (Å²) in [7, 11) is 0. The van der Waals surface area contributed by atoms with Crippen molar-refractivity contribution in [2.45, 2.75) is 62.0 Å². The summed E-state index contributed by atoms with van der Waals surface area (Å²) in [5.41, 5.74) is 3.35. The topological polar surface area (TPSA) is 0 Å². The van der Waals surface area contributed by atoms with Crippen molar-refractivity contribution in [3.8, 4) is 0 Å². The third-order valence-electron chi connectivity index (χ3n) is 5.66. The minimum atomic E-state index is 0.368. The van der Waals surface area contributed by atoms with E-state index in [0.29, 0.717) is 9.49 Å². The summed E-state index contributed by atoms with van der Waals surface area (Å²) >= 11 is 4.39. The highest BCUT2D eigenvalue weighted by Gasteiger charge is 2.39. The Balaban J connectivity index is 1.67. The molecule has 1 fully saturated rings. The molecule has 1 aliphatic carbocycles. The summed E-state index contributed by atoms with van der Waals surface area (Å²) < 4.78 is 0.368. The standard InChI is InChI=1S/C24H32S2/c1-23(2,3)22-14-16-24(17-15-22,25-18-20-10-6-4-7-11-20)26-19-21-12-8-5-9-13-21/h4-13,22H,14-19H2,1-3H3. The molecule has 2 heteroatoms. The molecule has 0 heterocycles. The van der Waals surface area contributed by atoms with Gasteiger partial charge in [0.2, 0.25) is 0 Å². The molecule has 0 N–H and O–H groups in total. The van der Waals surface area contributed by atoms with Gasteiger partial charge < -0.3 is 0 Å². The van der Waals surface area contributed by atoms with Crippen molar-refractivity contribution in [1.82, 2.24) is 0 Å². The molecule has 3 rings (SSSR count). The highest BCUT2D eigenvalue weighted by molar-refractivity contribution is 8.17. The van der Waals surface area contributed by atoms with Gasteiger partial charge in [-0.2, -0.15) is 0 Å². The Hall–Kier alpha value is -0.860. The number of hydrogen-bond acceptors (Lipinski definition) is 2. The lowest BCUT2D eigenvalue weighted by atomic mass is 9.72. The van der Waals surface area contributed by atoms with Gasteiger partial charge in [0, 0.05) is 11.5 Å². The van der Waals surface area contributed by atoms with E-state index in [1.165, 1.54) is 36.8 Å². The average molecular weight is 385 g/mol. The molecular weight excluding hydrogens is 352 g/mol. The molecule has 0 nitrogen and oxygen atoms in total. The van der Waals surface area contributed by atoms with E-state index >= 15 is 0 Å². The van der Waals surface area contributed by atoms with Crippen LogP contribution < -0.4 is 0 Å². The van der Waals surface area contributed by atoms with E-state index in [1.807, 2.05) is 0 Å². The van der Waals surface area contributed by atoms with Crippen LogP contribution in [0, 0.1) is 11.3 Å². The van der Waals surface area contributed by atoms with Crippen molar-refractivity contribution in [3.63, 3.8) is 0 Å². The fourth-order valence-electron chi connectivity index (χ4n) is 3.83. The van der Waals surface area contributed by atoms with Crippen LogP contribution in [0.4, 0.5) is 0 Å². The van der Waals surface area contributed by atoms with Gasteiger partial charge in [0.05, 0.1) is 4.08 Å². The van der Waals surface area contributed by atoms with Crippen molar-refractivity contribution >= 4 is 23.5 Å². The molecule has 0 bridgehead atoms. The van der Waals surface area contributed by atoms with Crippen molar-refractivity contribution in [2.24, 2.45) is 11.3 Å². The minimum absolute atomic E-state index is 0.368. The fraction of sp³-hybridized carbons (Fsp3) is 0.500. The molecule has 1 saturated carbocycles. The average Bonchev–Trinajstić information content (AvgIpc) is 2.66. The summed E-state index contributed by atoms with van der Waals surface area (Å²) in [6.07, 6.45) is 5.41. The molecular formula is C24H32S2. The van der Waals surface area contributed by atoms with E-state index in [-0.39, 0.29) is 0 Å². The first-order valence-electron chi connectivity index (χ1n) is 9.83. The highest BCUT2D eigenvalue weighted by atomic mass is 32.2. The van der Waals surface area contributed by atoms with E-state index in [0.717, 1.165) is 17.4 Å². The lowest BCUT2D eigenvalue weighted by Crippen LogP contribution is -2.33. The maximum atomic E-state index is 2.42. The molecule has 2 aromatic carbocycles. The van der Waals surface area contributed by atoms with Crippen molar-refractivity contribution in [1.29, 1.82) is 0 Å². The van der Waals surface area contributed by atoms with Gasteiger partial charge in [0.15, 0.2) is 0 Å². The van der Waals surface area contributed by atoms with Crippen LogP contribution in [0.3, 0.4) is 0 Å². The molecule has 0 saturated heterocycles. The van der Waals surface area contributed by atoms with Crippen LogP contribution in [0.5, 0.6) is 0 Å². The Morgan fingerprint density at radius 3 is 1.58 bits per heavy atom. The lowest BCUT2D eigenvalue weighted by Gasteiger charge is -2.43. The van der Waals surface area contributed by atoms with Crippen LogP contribution in [0.2, 0.25) is 0 Å². The zero-order valence-corrected chi connectivity index (χ0v) is 18.0. The van der Waals surface area contributed by atoms with E-state index in [4.69, 9.17) is 0 Å². The number of benzene rings is 2. The monoisotopic (exact) mass is 384 g/mol. The summed E-state index contributed by atoms with van der Waals surface area (Å²) in [5.74, 6) is 3.12. The second-order valence-electron chi connectivity index (χ2n) is 8.60. The molecule has 1 aliphatic rings. The van der Waals surface area contributed by atoms with E-state index in [1.54, 1.807) is 0 Å². The van der Waals surface area contributed by atoms with Crippen molar-refractivity contribution in [3.05, 3.63) is 71.8 Å². The molecule has 0 unspecified atom stereocenters. The first-order valence-corrected chi connectivity index (χ1v) is 11.8. The molecule has 140 valence electrons. The predicted octanol–water partition coefficient (Wildman–Crippen LogP) is 7.79. The Bertz CT molecular complexity index is 604. The van der Waals surface area contributed by atoms with Gasteiger partial charge >= 0.3 is 0 Å². The quantitative estimate of drug-likeness (QED) is 0.466. The highest BCUT2D eigenvalue weighted by Crippen LogP contribution is 2.54. The van der Waals surface area contributed by atoms with Crippen LogP contribution in [0.25, 0.3) is 0 Å². The second kappa shape index (κ2) is 8.89. The third-order valence-corrected chi connectivity index (χ3v) is 9.19. The Labute approximate surface area is 168 Å². The largest absolute Gasteiger partial charge is 0.139 e. The van der Waals surface area contributed by atoms with Gasteiger partial charge in [-0.05, 0) is 48.1 Å². The molecule has 0 spiro atoms. The number of thioether (sulfide) groups is 2. The first-order chi connectivity index (χ1) is 12.5. The lowest BCUT2D eigenvalue weighted by molar-refractivity contribution is 0.177. The van der Waals surface area contributed by atoms with Crippen LogP contribution in [-0.2, 0) is 11.5 Å². The molecule has 26 heavy (non-hydrogen) atoms. The van der Waals surface area contributed by atoms with Crippen LogP contribution in [-0.4, -0.2) is 4.08 Å². The molecule has 0 atom stereocenters. The molecule has 0 amide bonds. The van der Waals surface area contributed by atoms with E-state index in [2.05, 4.69) is 105 Å². The number of rotatable bonds is 6. The number of hydrogen-bond donors (Lipinski definition) is 0. The van der Waals surface area contributed by atoms with Gasteiger partial charge in [0.1, 0.15) is 0 Å². The maximum absolute atomic E-state index is 2.42. The smallest absolute Gasteiger partial charge is 0.0618 e. The molecule has 0 aliphatic heterocycles. The fourth-order valence-corrected chi connectivity index (χ4v) is 6.81. The normalized spacial score (nSPS) is 18.0. The zero-order valence-electron chi connectivity index (χ0n) is 16.4. The zero-order chi connectivity index (χ0) is 18.5. The van der Waals surface area contributed by atoms with Crippen molar-refractivity contribution in [2.75, 3.05) is 0 Å². The first kappa shape index (κ1) is 19.9. The Kier molecular flexibility index (Phi) is 6.80. The molecule has 0 aromatic heterocycles. The van der Waals surface area contributed by atoms with Crippen LogP contribution in [0.15, 0.2) is 60.7 Å². The van der Waals surface area contributed by atoms with Gasteiger partial charge in [-0.25, -0.2) is 0 Å². The summed E-state index contributed by atoms with van der Waals surface area (Å²) in [4.78, 5) is 0. The summed E-state index contributed by atoms with van der Waals surface area (Å²) in [5, 5.41) is 0. The van der Waals surface area contributed by atoms with Crippen molar-refractivity contribution < 1.29 is 0 Å². The van der Waals surface area contributed by atoms with Crippen LogP contribution >= 0.6 is 23.5 Å². The molecule has 0 radical (unpaired) electrons. The summed E-state index contributed by atoms with van der Waals surface area (Å²) in [6.45, 7) is 7.25. The van der Waals surface area contributed by atoms with E-state index in [9.17, 15) is 0 Å². The van der Waals surface area contributed by atoms with Gasteiger partial charge in [-0.1, -0.05) is 81.4 Å². The Morgan fingerprint density at radius 2 is 1.19 bits per heavy atom. The third kappa shape index (κ3) is 5.57. The van der Waals surface area contributed by atoms with Gasteiger partial charge in [-0.15, -0.1) is 23.5 Å². The van der Waals surface area contributed by atoms with Gasteiger partial charge in [0.25, 0.3) is 0 Å². The Morgan fingerprint density at radius 1 is 0.769 bits per heavy atom. The molecule has 2 aromatic rings. The SMILES string of the molecule is CC(C)(C)C1CCC(SCc2ccccc2)(SCc2ccccc2)CC1. The summed E-state index contributed by atoms with van der Waals surface area (Å²) in [6, 6.07) is 21.9. The maximum Gasteiger partial charge on any atom is 0.0618 e. The minimum Gasteiger partial charge on any atom is -0.139 e. The van der Waals surface area contributed by atoms with Gasteiger partial charge in [-0.3, -0.25) is 0 Å².